The lowest BCUT2D eigenvalue weighted by molar-refractivity contribution is -0.138. The number of alkyl halides is 3. The van der Waals surface area contributed by atoms with Crippen molar-refractivity contribution < 1.29 is 27.5 Å². The minimum atomic E-state index is -4.41. The van der Waals surface area contributed by atoms with Crippen LogP contribution in [-0.2, 0) is 17.4 Å². The van der Waals surface area contributed by atoms with Gasteiger partial charge in [-0.15, -0.1) is 0 Å². The van der Waals surface area contributed by atoms with Crippen LogP contribution in [0.15, 0.2) is 28.7 Å². The van der Waals surface area contributed by atoms with Gasteiger partial charge in [0.15, 0.2) is 0 Å². The first-order valence-electron chi connectivity index (χ1n) is 5.18. The van der Waals surface area contributed by atoms with Crippen molar-refractivity contribution in [3.63, 3.8) is 0 Å². The maximum atomic E-state index is 12.5. The Morgan fingerprint density at radius 3 is 2.61 bits per heavy atom. The van der Waals surface area contributed by atoms with E-state index >= 15 is 0 Å². The second kappa shape index (κ2) is 4.36. The predicted molar refractivity (Wildman–Crippen MR) is 57.2 cm³/mol. The summed E-state index contributed by atoms with van der Waals surface area (Å²) in [4.78, 5) is 10.4. The van der Waals surface area contributed by atoms with Crippen molar-refractivity contribution in [3.8, 4) is 0 Å². The van der Waals surface area contributed by atoms with Gasteiger partial charge in [0.1, 0.15) is 11.3 Å². The molecule has 1 heterocycles. The Labute approximate surface area is 99.8 Å². The molecule has 2 aromatic rings. The van der Waals surface area contributed by atoms with Crippen LogP contribution in [0.25, 0.3) is 11.0 Å². The van der Waals surface area contributed by atoms with E-state index in [1.165, 1.54) is 6.07 Å². The second-order valence-electron chi connectivity index (χ2n) is 3.86. The Balaban J connectivity index is 2.31. The van der Waals surface area contributed by atoms with Crippen LogP contribution in [0.2, 0.25) is 0 Å². The zero-order valence-electron chi connectivity index (χ0n) is 9.12. The fraction of sp³-hybridized carbons (Fsp3) is 0.250. The molecule has 2 rings (SSSR count). The van der Waals surface area contributed by atoms with Gasteiger partial charge in [-0.25, -0.2) is 0 Å². The zero-order valence-corrected chi connectivity index (χ0v) is 9.12. The predicted octanol–water partition coefficient (Wildman–Crippen LogP) is 3.47. The van der Waals surface area contributed by atoms with Crippen molar-refractivity contribution in [2.45, 2.75) is 19.0 Å². The third-order valence-corrected chi connectivity index (χ3v) is 2.48. The summed E-state index contributed by atoms with van der Waals surface area (Å²) in [6, 6.07) is 4.75. The van der Waals surface area contributed by atoms with Gasteiger partial charge in [-0.05, 0) is 18.2 Å². The molecule has 0 amide bonds. The lowest BCUT2D eigenvalue weighted by Crippen LogP contribution is -2.03. The maximum Gasteiger partial charge on any atom is 0.416 e. The van der Waals surface area contributed by atoms with Gasteiger partial charge in [0, 0.05) is 11.8 Å². The maximum absolute atomic E-state index is 12.5. The third kappa shape index (κ3) is 2.64. The molecule has 0 fully saturated rings. The van der Waals surface area contributed by atoms with Crippen molar-refractivity contribution in [2.24, 2.45) is 0 Å². The molecule has 1 aromatic heterocycles. The lowest BCUT2D eigenvalue weighted by Gasteiger charge is -2.04. The van der Waals surface area contributed by atoms with E-state index in [0.717, 1.165) is 12.1 Å². The number of aryl methyl sites for hydroxylation is 1. The number of furan rings is 1. The number of hydrogen-bond donors (Lipinski definition) is 1. The molecule has 0 radical (unpaired) electrons. The molecule has 6 heteroatoms. The summed E-state index contributed by atoms with van der Waals surface area (Å²) in [5, 5.41) is 9.04. The molecular weight excluding hydrogens is 249 g/mol. The second-order valence-corrected chi connectivity index (χ2v) is 3.86. The van der Waals surface area contributed by atoms with Crippen molar-refractivity contribution >= 4 is 16.9 Å². The van der Waals surface area contributed by atoms with Crippen molar-refractivity contribution in [3.05, 3.63) is 35.6 Å². The number of carboxylic acids is 1. The van der Waals surface area contributed by atoms with Gasteiger partial charge >= 0.3 is 12.1 Å². The zero-order chi connectivity index (χ0) is 13.3. The molecule has 1 aromatic carbocycles. The first-order chi connectivity index (χ1) is 8.36. The average molecular weight is 258 g/mol. The first-order valence-corrected chi connectivity index (χ1v) is 5.18. The molecular formula is C12H9F3O3. The summed E-state index contributed by atoms with van der Waals surface area (Å²) in [5.41, 5.74) is -0.667. The fourth-order valence-electron chi connectivity index (χ4n) is 1.62. The molecule has 0 unspecified atom stereocenters. The van der Waals surface area contributed by atoms with Crippen LogP contribution in [0, 0.1) is 0 Å². The number of fused-ring (bicyclic) bond motifs is 1. The third-order valence-electron chi connectivity index (χ3n) is 2.48. The number of carbonyl (C=O) groups is 1. The Bertz CT molecular complexity index is 584. The molecule has 3 nitrogen and oxygen atoms in total. The highest BCUT2D eigenvalue weighted by molar-refractivity contribution is 5.79. The number of hydrogen-bond acceptors (Lipinski definition) is 2. The van der Waals surface area contributed by atoms with E-state index in [0.29, 0.717) is 11.1 Å². The first kappa shape index (κ1) is 12.5. The average Bonchev–Trinajstić information content (AvgIpc) is 2.66. The number of halogens is 3. The van der Waals surface area contributed by atoms with Crippen molar-refractivity contribution in [2.75, 3.05) is 0 Å². The summed E-state index contributed by atoms with van der Waals surface area (Å²) in [6.45, 7) is 0. The highest BCUT2D eigenvalue weighted by atomic mass is 19.4. The molecule has 0 aliphatic heterocycles. The minimum Gasteiger partial charge on any atom is -0.481 e. The van der Waals surface area contributed by atoms with Crippen LogP contribution in [-0.4, -0.2) is 11.1 Å². The quantitative estimate of drug-likeness (QED) is 0.917. The highest BCUT2D eigenvalue weighted by Crippen LogP contribution is 2.32. The van der Waals surface area contributed by atoms with E-state index in [1.807, 2.05) is 0 Å². The number of benzene rings is 1. The van der Waals surface area contributed by atoms with Crippen LogP contribution in [0.4, 0.5) is 13.2 Å². The molecule has 96 valence electrons. The van der Waals surface area contributed by atoms with Crippen molar-refractivity contribution in [1.29, 1.82) is 0 Å². The van der Waals surface area contributed by atoms with E-state index in [9.17, 15) is 18.0 Å². The summed E-state index contributed by atoms with van der Waals surface area (Å²) in [6.07, 6.45) is -4.38. The van der Waals surface area contributed by atoms with Gasteiger partial charge in [0.05, 0.1) is 12.0 Å². The smallest absolute Gasteiger partial charge is 0.416 e. The van der Waals surface area contributed by atoms with Gasteiger partial charge in [-0.3, -0.25) is 4.79 Å². The van der Waals surface area contributed by atoms with Gasteiger partial charge in [-0.2, -0.15) is 13.2 Å². The Hall–Kier alpha value is -1.98. The fourth-order valence-corrected chi connectivity index (χ4v) is 1.62. The number of rotatable bonds is 3. The monoisotopic (exact) mass is 258 g/mol. The standard InChI is InChI=1S/C12H9F3O3/c13-12(14,15)8-2-1-7-5-9(3-4-11(16)17)18-10(7)6-8/h1-2,5-6H,3-4H2,(H,16,17). The molecule has 0 spiro atoms. The van der Waals surface area contributed by atoms with Crippen LogP contribution < -0.4 is 0 Å². The summed E-state index contributed by atoms with van der Waals surface area (Å²) < 4.78 is 42.6. The summed E-state index contributed by atoms with van der Waals surface area (Å²) >= 11 is 0. The van der Waals surface area contributed by atoms with E-state index in [4.69, 9.17) is 9.52 Å². The van der Waals surface area contributed by atoms with Crippen LogP contribution in [0.1, 0.15) is 17.7 Å². The number of carboxylic acid groups (broad SMARTS) is 1. The molecule has 0 saturated carbocycles. The van der Waals surface area contributed by atoms with E-state index in [-0.39, 0.29) is 18.4 Å². The molecule has 0 atom stereocenters. The Kier molecular flexibility index (Phi) is 3.02. The molecule has 18 heavy (non-hydrogen) atoms. The Morgan fingerprint density at radius 2 is 2.00 bits per heavy atom. The largest absolute Gasteiger partial charge is 0.481 e. The van der Waals surface area contributed by atoms with Gasteiger partial charge < -0.3 is 9.52 Å². The Morgan fingerprint density at radius 1 is 1.28 bits per heavy atom. The molecule has 0 aliphatic rings. The molecule has 0 aliphatic carbocycles. The van der Waals surface area contributed by atoms with E-state index in [1.54, 1.807) is 6.07 Å². The van der Waals surface area contributed by atoms with Crippen LogP contribution in [0.5, 0.6) is 0 Å². The van der Waals surface area contributed by atoms with Crippen LogP contribution >= 0.6 is 0 Å². The van der Waals surface area contributed by atoms with Gasteiger partial charge in [0.2, 0.25) is 0 Å². The van der Waals surface area contributed by atoms with Crippen molar-refractivity contribution in [1.82, 2.24) is 0 Å². The van der Waals surface area contributed by atoms with E-state index < -0.39 is 17.7 Å². The van der Waals surface area contributed by atoms with Crippen LogP contribution in [0.3, 0.4) is 0 Å². The molecule has 1 N–H and O–H groups in total. The lowest BCUT2D eigenvalue weighted by atomic mass is 10.1. The van der Waals surface area contributed by atoms with Gasteiger partial charge in [-0.1, -0.05) is 6.07 Å². The minimum absolute atomic E-state index is 0.116. The summed E-state index contributed by atoms with van der Waals surface area (Å²) in [7, 11) is 0. The van der Waals surface area contributed by atoms with E-state index in [2.05, 4.69) is 0 Å². The SMILES string of the molecule is O=C(O)CCc1cc2ccc(C(F)(F)F)cc2o1. The summed E-state index contributed by atoms with van der Waals surface area (Å²) in [5.74, 6) is -0.613. The molecule has 0 saturated heterocycles. The normalized spacial score (nSPS) is 11.9. The van der Waals surface area contributed by atoms with Gasteiger partial charge in [0.25, 0.3) is 0 Å². The highest BCUT2D eigenvalue weighted by Gasteiger charge is 2.30. The molecule has 0 bridgehead atoms. The topological polar surface area (TPSA) is 50.4 Å². The number of aliphatic carboxylic acids is 1.